The Morgan fingerprint density at radius 1 is 1.00 bits per heavy atom. The van der Waals surface area contributed by atoms with Crippen LogP contribution >= 0.6 is 0 Å². The summed E-state index contributed by atoms with van der Waals surface area (Å²) < 4.78 is 0. The Labute approximate surface area is 145 Å². The molecule has 2 aromatic carbocycles. The van der Waals surface area contributed by atoms with Crippen molar-refractivity contribution in [2.75, 3.05) is 18.9 Å². The molecule has 0 fully saturated rings. The topological polar surface area (TPSA) is 33.5 Å². The van der Waals surface area contributed by atoms with E-state index in [0.717, 1.165) is 25.1 Å². The first-order chi connectivity index (χ1) is 11.5. The molecule has 128 valence electrons. The lowest BCUT2D eigenvalue weighted by Gasteiger charge is -2.17. The molecule has 1 unspecified atom stereocenters. The van der Waals surface area contributed by atoms with Gasteiger partial charge in [0.15, 0.2) is 6.54 Å². The molecule has 0 spiro atoms. The third-order valence-electron chi connectivity index (χ3n) is 4.35. The Morgan fingerprint density at radius 2 is 1.58 bits per heavy atom. The summed E-state index contributed by atoms with van der Waals surface area (Å²) in [6.45, 7) is 7.65. The molecule has 0 heterocycles. The molecule has 3 heteroatoms. The molecule has 2 aromatic rings. The number of anilines is 1. The summed E-state index contributed by atoms with van der Waals surface area (Å²) in [6, 6.07) is 14.8. The monoisotopic (exact) mass is 325 g/mol. The summed E-state index contributed by atoms with van der Waals surface area (Å²) in [5.41, 5.74) is 5.94. The molecule has 0 bridgehead atoms. The molecule has 1 atom stereocenters. The lowest BCUT2D eigenvalue weighted by atomic mass is 10.0. The number of amides is 1. The minimum Gasteiger partial charge on any atom is -0.326 e. The zero-order valence-electron chi connectivity index (χ0n) is 15.3. The molecule has 0 saturated carbocycles. The SMILES string of the molecule is CCc1cccc(CC)c1NC(=O)C[NH+](C)Cc1ccc(C)cc1. The first kappa shape index (κ1) is 18.2. The van der Waals surface area contributed by atoms with E-state index in [1.54, 1.807) is 0 Å². The first-order valence-electron chi connectivity index (χ1n) is 8.81. The van der Waals surface area contributed by atoms with Crippen LogP contribution in [0.4, 0.5) is 5.69 Å². The van der Waals surface area contributed by atoms with Crippen molar-refractivity contribution in [3.8, 4) is 0 Å². The highest BCUT2D eigenvalue weighted by atomic mass is 16.2. The van der Waals surface area contributed by atoms with Gasteiger partial charge in [-0.3, -0.25) is 4.79 Å². The predicted octanol–water partition coefficient (Wildman–Crippen LogP) is 2.77. The van der Waals surface area contributed by atoms with Crippen LogP contribution in [0.25, 0.3) is 0 Å². The van der Waals surface area contributed by atoms with Gasteiger partial charge in [0.1, 0.15) is 6.54 Å². The Bertz CT molecular complexity index is 654. The number of benzene rings is 2. The maximum atomic E-state index is 12.5. The van der Waals surface area contributed by atoms with E-state index >= 15 is 0 Å². The van der Waals surface area contributed by atoms with Crippen LogP contribution in [-0.4, -0.2) is 19.5 Å². The first-order valence-corrected chi connectivity index (χ1v) is 8.81. The average molecular weight is 325 g/mol. The molecule has 3 nitrogen and oxygen atoms in total. The van der Waals surface area contributed by atoms with E-state index in [2.05, 4.69) is 75.6 Å². The summed E-state index contributed by atoms with van der Waals surface area (Å²) >= 11 is 0. The molecule has 24 heavy (non-hydrogen) atoms. The smallest absolute Gasteiger partial charge is 0.279 e. The largest absolute Gasteiger partial charge is 0.326 e. The zero-order valence-corrected chi connectivity index (χ0v) is 15.3. The summed E-state index contributed by atoms with van der Waals surface area (Å²) in [4.78, 5) is 13.7. The van der Waals surface area contributed by atoms with Gasteiger partial charge in [-0.25, -0.2) is 0 Å². The minimum atomic E-state index is 0.0789. The fourth-order valence-corrected chi connectivity index (χ4v) is 2.98. The van der Waals surface area contributed by atoms with Crippen molar-refractivity contribution in [1.29, 1.82) is 0 Å². The molecule has 0 aliphatic carbocycles. The molecule has 0 aliphatic rings. The van der Waals surface area contributed by atoms with Crippen molar-refractivity contribution in [1.82, 2.24) is 0 Å². The van der Waals surface area contributed by atoms with Crippen LogP contribution in [0, 0.1) is 6.92 Å². The molecule has 0 aliphatic heterocycles. The van der Waals surface area contributed by atoms with Gasteiger partial charge in [0.05, 0.1) is 7.05 Å². The fraction of sp³-hybridized carbons (Fsp3) is 0.381. The van der Waals surface area contributed by atoms with Crippen molar-refractivity contribution in [3.05, 3.63) is 64.7 Å². The average Bonchev–Trinajstić information content (AvgIpc) is 2.57. The Hall–Kier alpha value is -2.13. The van der Waals surface area contributed by atoms with E-state index in [4.69, 9.17) is 0 Å². The van der Waals surface area contributed by atoms with Crippen molar-refractivity contribution in [3.63, 3.8) is 0 Å². The number of aryl methyl sites for hydroxylation is 3. The van der Waals surface area contributed by atoms with Gasteiger partial charge >= 0.3 is 0 Å². The number of para-hydroxylation sites is 1. The van der Waals surface area contributed by atoms with Crippen LogP contribution in [0.5, 0.6) is 0 Å². The molecular formula is C21H29N2O+. The van der Waals surface area contributed by atoms with Gasteiger partial charge in [0.2, 0.25) is 0 Å². The molecule has 0 radical (unpaired) electrons. The molecular weight excluding hydrogens is 296 g/mol. The lowest BCUT2D eigenvalue weighted by molar-refractivity contribution is -0.885. The number of nitrogens with one attached hydrogen (secondary N) is 2. The maximum Gasteiger partial charge on any atom is 0.279 e. The summed E-state index contributed by atoms with van der Waals surface area (Å²) in [5, 5.41) is 3.15. The van der Waals surface area contributed by atoms with E-state index in [1.165, 1.54) is 27.2 Å². The zero-order chi connectivity index (χ0) is 17.5. The Morgan fingerprint density at radius 3 is 2.12 bits per heavy atom. The maximum absolute atomic E-state index is 12.5. The van der Waals surface area contributed by atoms with Gasteiger partial charge in [-0.2, -0.15) is 0 Å². The summed E-state index contributed by atoms with van der Waals surface area (Å²) in [6.07, 6.45) is 1.85. The lowest BCUT2D eigenvalue weighted by Crippen LogP contribution is -3.08. The van der Waals surface area contributed by atoms with Gasteiger partial charge in [-0.15, -0.1) is 0 Å². The van der Waals surface area contributed by atoms with Crippen LogP contribution in [0.15, 0.2) is 42.5 Å². The second-order valence-electron chi connectivity index (χ2n) is 6.50. The standard InChI is InChI=1S/C21H28N2O/c1-5-18-8-7-9-19(6-2)21(18)22-20(24)15-23(4)14-17-12-10-16(3)11-13-17/h7-13H,5-6,14-15H2,1-4H3,(H,22,24)/p+1. The third kappa shape index (κ3) is 4.93. The highest BCUT2D eigenvalue weighted by molar-refractivity contribution is 5.93. The van der Waals surface area contributed by atoms with E-state index in [9.17, 15) is 4.79 Å². The van der Waals surface area contributed by atoms with Gasteiger partial charge in [-0.1, -0.05) is 61.9 Å². The second-order valence-corrected chi connectivity index (χ2v) is 6.50. The van der Waals surface area contributed by atoms with Crippen molar-refractivity contribution in [2.45, 2.75) is 40.2 Å². The quantitative estimate of drug-likeness (QED) is 0.806. The molecule has 2 N–H and O–H groups in total. The molecule has 0 aromatic heterocycles. The minimum absolute atomic E-state index is 0.0789. The molecule has 2 rings (SSSR count). The van der Waals surface area contributed by atoms with Gasteiger partial charge in [0, 0.05) is 11.3 Å². The number of hydrogen-bond acceptors (Lipinski definition) is 1. The third-order valence-corrected chi connectivity index (χ3v) is 4.35. The number of rotatable bonds is 7. The Kier molecular flexibility index (Phi) is 6.56. The van der Waals surface area contributed by atoms with Gasteiger partial charge in [0.25, 0.3) is 5.91 Å². The van der Waals surface area contributed by atoms with Gasteiger partial charge < -0.3 is 10.2 Å². The number of carbonyl (C=O) groups is 1. The number of likely N-dealkylation sites (N-methyl/N-ethyl adjacent to an activating group) is 1. The highest BCUT2D eigenvalue weighted by Crippen LogP contribution is 2.22. The Balaban J connectivity index is 1.99. The fourth-order valence-electron chi connectivity index (χ4n) is 2.98. The van der Waals surface area contributed by atoms with E-state index in [-0.39, 0.29) is 5.91 Å². The second kappa shape index (κ2) is 8.65. The van der Waals surface area contributed by atoms with Crippen LogP contribution < -0.4 is 10.2 Å². The summed E-state index contributed by atoms with van der Waals surface area (Å²) in [5.74, 6) is 0.0789. The van der Waals surface area contributed by atoms with Crippen LogP contribution in [-0.2, 0) is 24.2 Å². The normalized spacial score (nSPS) is 12.0. The van der Waals surface area contributed by atoms with Crippen molar-refractivity contribution >= 4 is 11.6 Å². The van der Waals surface area contributed by atoms with Crippen LogP contribution in [0.1, 0.15) is 36.1 Å². The van der Waals surface area contributed by atoms with Crippen LogP contribution in [0.3, 0.4) is 0 Å². The number of quaternary nitrogens is 1. The van der Waals surface area contributed by atoms with Crippen LogP contribution in [0.2, 0.25) is 0 Å². The van der Waals surface area contributed by atoms with E-state index in [1.807, 2.05) is 0 Å². The molecule has 1 amide bonds. The van der Waals surface area contributed by atoms with Crippen molar-refractivity contribution < 1.29 is 9.69 Å². The van der Waals surface area contributed by atoms with Crippen molar-refractivity contribution in [2.24, 2.45) is 0 Å². The van der Waals surface area contributed by atoms with Gasteiger partial charge in [-0.05, 0) is 30.9 Å². The number of hydrogen-bond donors (Lipinski definition) is 2. The van der Waals surface area contributed by atoms with E-state index < -0.39 is 0 Å². The predicted molar refractivity (Wildman–Crippen MR) is 100 cm³/mol. The number of carbonyl (C=O) groups excluding carboxylic acids is 1. The molecule has 0 saturated heterocycles. The summed E-state index contributed by atoms with van der Waals surface area (Å²) in [7, 11) is 2.06. The van der Waals surface area contributed by atoms with E-state index in [0.29, 0.717) is 6.54 Å². The highest BCUT2D eigenvalue weighted by Gasteiger charge is 2.14.